The maximum atomic E-state index is 4.51. The van der Waals surface area contributed by atoms with E-state index in [0.29, 0.717) is 0 Å². The zero-order valence-electron chi connectivity index (χ0n) is 16.0. The fourth-order valence-electron chi connectivity index (χ4n) is 3.91. The average molecular weight is 334 g/mol. The molecule has 5 heteroatoms. The molecule has 136 valence electrons. The van der Waals surface area contributed by atoms with E-state index in [1.54, 1.807) is 0 Å². The van der Waals surface area contributed by atoms with Crippen molar-refractivity contribution in [2.24, 2.45) is 5.92 Å². The zero-order valence-corrected chi connectivity index (χ0v) is 16.0. The molecule has 1 atom stereocenters. The number of nitrogens with zero attached hydrogens (tertiary/aromatic N) is 4. The fourth-order valence-corrected chi connectivity index (χ4v) is 3.91. The van der Waals surface area contributed by atoms with Gasteiger partial charge in [0.1, 0.15) is 0 Å². The van der Waals surface area contributed by atoms with E-state index < -0.39 is 0 Å². The number of likely N-dealkylation sites (tertiary alicyclic amines) is 1. The Labute approximate surface area is 147 Å². The first-order valence-corrected chi connectivity index (χ1v) is 9.58. The molecule has 0 unspecified atom stereocenters. The second-order valence-electron chi connectivity index (χ2n) is 8.88. The summed E-state index contributed by atoms with van der Waals surface area (Å²) in [5, 5.41) is 7.76. The van der Waals surface area contributed by atoms with Crippen molar-refractivity contribution in [3.8, 4) is 0 Å². The van der Waals surface area contributed by atoms with Crippen molar-refractivity contribution in [1.82, 2.24) is 24.9 Å². The molecule has 1 aromatic rings. The van der Waals surface area contributed by atoms with Crippen molar-refractivity contribution in [3.05, 3.63) is 17.5 Å². The van der Waals surface area contributed by atoms with Crippen molar-refractivity contribution < 1.29 is 0 Å². The van der Waals surface area contributed by atoms with Crippen molar-refractivity contribution >= 4 is 0 Å². The summed E-state index contributed by atoms with van der Waals surface area (Å²) in [5.74, 6) is 0.826. The molecule has 5 nitrogen and oxygen atoms in total. The number of aromatic nitrogens is 2. The summed E-state index contributed by atoms with van der Waals surface area (Å²) >= 11 is 0. The molecule has 0 aliphatic carbocycles. The minimum absolute atomic E-state index is 0.126. The summed E-state index contributed by atoms with van der Waals surface area (Å²) in [6, 6.07) is 2.25. The molecule has 2 saturated heterocycles. The van der Waals surface area contributed by atoms with Crippen LogP contribution in [0.2, 0.25) is 0 Å². The smallest absolute Gasteiger partial charge is 0.0678 e. The predicted molar refractivity (Wildman–Crippen MR) is 99.2 cm³/mol. The Kier molecular flexibility index (Phi) is 5.63. The third-order valence-electron chi connectivity index (χ3n) is 5.51. The van der Waals surface area contributed by atoms with Crippen LogP contribution in [0.5, 0.6) is 0 Å². The van der Waals surface area contributed by atoms with Crippen molar-refractivity contribution in [3.63, 3.8) is 0 Å². The number of aromatic amines is 1. The van der Waals surface area contributed by atoms with E-state index >= 15 is 0 Å². The molecule has 0 saturated carbocycles. The first kappa shape index (κ1) is 17.9. The van der Waals surface area contributed by atoms with Gasteiger partial charge < -0.3 is 9.80 Å². The van der Waals surface area contributed by atoms with E-state index in [2.05, 4.69) is 58.8 Å². The van der Waals surface area contributed by atoms with Gasteiger partial charge in [-0.2, -0.15) is 5.10 Å². The predicted octanol–water partition coefficient (Wildman–Crippen LogP) is 2.17. The van der Waals surface area contributed by atoms with Gasteiger partial charge in [-0.05, 0) is 38.4 Å². The molecule has 3 heterocycles. The highest BCUT2D eigenvalue weighted by atomic mass is 15.3. The molecule has 0 bridgehead atoms. The van der Waals surface area contributed by atoms with E-state index in [0.717, 1.165) is 12.5 Å². The maximum absolute atomic E-state index is 4.51. The van der Waals surface area contributed by atoms with Crippen LogP contribution in [0.1, 0.15) is 45.0 Å². The van der Waals surface area contributed by atoms with Gasteiger partial charge in [-0.25, -0.2) is 0 Å². The Hall–Kier alpha value is -0.910. The van der Waals surface area contributed by atoms with E-state index in [4.69, 9.17) is 0 Å². The van der Waals surface area contributed by atoms with Gasteiger partial charge >= 0.3 is 0 Å². The summed E-state index contributed by atoms with van der Waals surface area (Å²) in [4.78, 5) is 7.72. The highest BCUT2D eigenvalue weighted by molar-refractivity contribution is 5.16. The van der Waals surface area contributed by atoms with Crippen LogP contribution in [0.25, 0.3) is 0 Å². The van der Waals surface area contributed by atoms with Crippen LogP contribution < -0.4 is 0 Å². The average Bonchev–Trinajstić information content (AvgIpc) is 2.99. The quantitative estimate of drug-likeness (QED) is 0.916. The first-order valence-electron chi connectivity index (χ1n) is 9.58. The summed E-state index contributed by atoms with van der Waals surface area (Å²) in [6.45, 7) is 16.3. The lowest BCUT2D eigenvalue weighted by molar-refractivity contribution is 0.0961. The lowest BCUT2D eigenvalue weighted by Gasteiger charge is -2.38. The Balaban J connectivity index is 1.49. The summed E-state index contributed by atoms with van der Waals surface area (Å²) in [7, 11) is 2.23. The number of likely N-dealkylation sites (N-methyl/N-ethyl adjacent to an activating group) is 1. The largest absolute Gasteiger partial charge is 0.304 e. The Morgan fingerprint density at radius 1 is 1.12 bits per heavy atom. The van der Waals surface area contributed by atoms with Gasteiger partial charge in [0.25, 0.3) is 0 Å². The van der Waals surface area contributed by atoms with Gasteiger partial charge in [0, 0.05) is 56.9 Å². The lowest BCUT2D eigenvalue weighted by Crippen LogP contribution is -2.48. The van der Waals surface area contributed by atoms with Crippen LogP contribution in [0, 0.1) is 5.92 Å². The van der Waals surface area contributed by atoms with Gasteiger partial charge in [0.15, 0.2) is 0 Å². The van der Waals surface area contributed by atoms with E-state index in [-0.39, 0.29) is 5.41 Å². The molecule has 2 aliphatic heterocycles. The summed E-state index contributed by atoms with van der Waals surface area (Å²) in [5.41, 5.74) is 2.56. The molecule has 2 aliphatic rings. The molecule has 1 aromatic heterocycles. The molecular formula is C19H35N5. The molecule has 3 rings (SSSR count). The molecular weight excluding hydrogens is 298 g/mol. The van der Waals surface area contributed by atoms with Crippen molar-refractivity contribution in [2.45, 2.75) is 45.6 Å². The molecule has 24 heavy (non-hydrogen) atoms. The number of hydrogen-bond acceptors (Lipinski definition) is 4. The third kappa shape index (κ3) is 4.80. The van der Waals surface area contributed by atoms with E-state index in [9.17, 15) is 0 Å². The molecule has 0 radical (unpaired) electrons. The minimum Gasteiger partial charge on any atom is -0.304 e. The highest BCUT2D eigenvalue weighted by Crippen LogP contribution is 2.23. The van der Waals surface area contributed by atoms with E-state index in [1.165, 1.54) is 70.0 Å². The topological polar surface area (TPSA) is 38.4 Å². The maximum Gasteiger partial charge on any atom is 0.0678 e. The van der Waals surface area contributed by atoms with Crippen LogP contribution in [-0.4, -0.2) is 77.8 Å². The molecule has 1 N–H and O–H groups in total. The number of nitrogens with one attached hydrogen (secondary N) is 1. The second-order valence-corrected chi connectivity index (χ2v) is 8.88. The SMILES string of the molecule is CN1CCN(C[C@H]2CCCN(Cc3cc(C(C)(C)C)n[nH]3)C2)CC1. The number of H-pyrrole nitrogens is 1. The third-order valence-corrected chi connectivity index (χ3v) is 5.51. The fraction of sp³-hybridized carbons (Fsp3) is 0.842. The summed E-state index contributed by atoms with van der Waals surface area (Å²) in [6.07, 6.45) is 2.72. The summed E-state index contributed by atoms with van der Waals surface area (Å²) < 4.78 is 0. The molecule has 2 fully saturated rings. The number of hydrogen-bond donors (Lipinski definition) is 1. The van der Waals surface area contributed by atoms with E-state index in [1.807, 2.05) is 0 Å². The number of piperazine rings is 1. The monoisotopic (exact) mass is 333 g/mol. The van der Waals surface area contributed by atoms with Crippen LogP contribution in [-0.2, 0) is 12.0 Å². The Bertz CT molecular complexity index is 510. The van der Waals surface area contributed by atoms with Gasteiger partial charge in [-0.1, -0.05) is 20.8 Å². The van der Waals surface area contributed by atoms with Gasteiger partial charge in [0.05, 0.1) is 5.69 Å². The first-order chi connectivity index (χ1) is 11.4. The second kappa shape index (κ2) is 7.54. The Morgan fingerprint density at radius 3 is 2.54 bits per heavy atom. The molecule has 0 aromatic carbocycles. The van der Waals surface area contributed by atoms with Crippen molar-refractivity contribution in [2.75, 3.05) is 52.9 Å². The number of rotatable bonds is 4. The van der Waals surface area contributed by atoms with Crippen LogP contribution >= 0.6 is 0 Å². The van der Waals surface area contributed by atoms with Gasteiger partial charge in [-0.15, -0.1) is 0 Å². The highest BCUT2D eigenvalue weighted by Gasteiger charge is 2.24. The van der Waals surface area contributed by atoms with Gasteiger partial charge in [-0.3, -0.25) is 10.00 Å². The van der Waals surface area contributed by atoms with Crippen LogP contribution in [0.15, 0.2) is 6.07 Å². The standard InChI is InChI=1S/C19H35N5/c1-19(2,3)18-12-17(20-21-18)15-24-7-5-6-16(14-24)13-23-10-8-22(4)9-11-23/h12,16H,5-11,13-15H2,1-4H3,(H,20,21)/t16-/m1/s1. The molecule has 0 spiro atoms. The lowest BCUT2D eigenvalue weighted by atomic mass is 9.92. The van der Waals surface area contributed by atoms with Crippen molar-refractivity contribution in [1.29, 1.82) is 0 Å². The van der Waals surface area contributed by atoms with Gasteiger partial charge in [0.2, 0.25) is 0 Å². The zero-order chi connectivity index (χ0) is 17.2. The Morgan fingerprint density at radius 2 is 1.88 bits per heavy atom. The normalized spacial score (nSPS) is 25.2. The molecule has 0 amide bonds. The minimum atomic E-state index is 0.126. The number of piperidine rings is 1. The van der Waals surface area contributed by atoms with Crippen LogP contribution in [0.3, 0.4) is 0 Å². The van der Waals surface area contributed by atoms with Crippen LogP contribution in [0.4, 0.5) is 0 Å².